The zero-order valence-corrected chi connectivity index (χ0v) is 17.0. The van der Waals surface area contributed by atoms with Crippen LogP contribution < -0.4 is 14.8 Å². The van der Waals surface area contributed by atoms with Crippen molar-refractivity contribution in [2.24, 2.45) is 0 Å². The molecule has 0 unspecified atom stereocenters. The third-order valence-corrected chi connectivity index (χ3v) is 4.73. The Hall–Kier alpha value is -3.36. The Morgan fingerprint density at radius 3 is 2.33 bits per heavy atom. The fourth-order valence-corrected chi connectivity index (χ4v) is 3.11. The number of aliphatic hydroxyl groups excluding tert-OH is 1. The van der Waals surface area contributed by atoms with Crippen molar-refractivity contribution in [2.45, 2.75) is 0 Å². The molecule has 2 aromatic rings. The lowest BCUT2D eigenvalue weighted by molar-refractivity contribution is -0.137. The summed E-state index contributed by atoms with van der Waals surface area (Å²) in [5, 5.41) is 12.4. The van der Waals surface area contributed by atoms with E-state index < -0.39 is 11.8 Å². The molecule has 1 aliphatic heterocycles. The number of hydrogen-bond donors (Lipinski definition) is 2. The maximum Gasteiger partial charge on any atom is 0.277 e. The number of amides is 2. The van der Waals surface area contributed by atoms with E-state index in [9.17, 15) is 14.4 Å². The van der Waals surface area contributed by atoms with Crippen molar-refractivity contribution in [3.05, 3.63) is 64.3 Å². The SMILES string of the molecule is COc1cc(NC2=CC(=O)N(CCO)C2=O)c(C(=O)c2ccc(Cl)cc2)cc1OC. The average Bonchev–Trinajstić information content (AvgIpc) is 3.01. The smallest absolute Gasteiger partial charge is 0.277 e. The van der Waals surface area contributed by atoms with Crippen molar-refractivity contribution in [1.29, 1.82) is 0 Å². The highest BCUT2D eigenvalue weighted by Crippen LogP contribution is 2.35. The molecule has 9 heteroatoms. The number of nitrogens with one attached hydrogen (secondary N) is 1. The zero-order chi connectivity index (χ0) is 21.8. The lowest BCUT2D eigenvalue weighted by Crippen LogP contribution is -2.34. The summed E-state index contributed by atoms with van der Waals surface area (Å²) < 4.78 is 10.6. The number of carbonyl (C=O) groups is 3. The Balaban J connectivity index is 2.03. The van der Waals surface area contributed by atoms with Crippen molar-refractivity contribution < 1.29 is 29.0 Å². The molecule has 0 bridgehead atoms. The molecule has 0 fully saturated rings. The van der Waals surface area contributed by atoms with Crippen LogP contribution in [0.2, 0.25) is 5.02 Å². The standard InChI is InChI=1S/C21H19ClN2O6/c1-29-17-9-14(20(27)12-3-5-13(22)6-4-12)15(10-18(17)30-2)23-16-11-19(26)24(7-8-25)21(16)28/h3-6,9-11,23,25H,7-8H2,1-2H3. The van der Waals surface area contributed by atoms with Gasteiger partial charge < -0.3 is 19.9 Å². The minimum Gasteiger partial charge on any atom is -0.493 e. The Morgan fingerprint density at radius 1 is 1.10 bits per heavy atom. The molecule has 0 saturated carbocycles. The number of carbonyl (C=O) groups excluding carboxylic acids is 3. The summed E-state index contributed by atoms with van der Waals surface area (Å²) in [4.78, 5) is 38.6. The first-order chi connectivity index (χ1) is 14.4. The van der Waals surface area contributed by atoms with Gasteiger partial charge in [0.1, 0.15) is 5.70 Å². The number of nitrogens with zero attached hydrogens (tertiary/aromatic N) is 1. The highest BCUT2D eigenvalue weighted by Gasteiger charge is 2.31. The first-order valence-electron chi connectivity index (χ1n) is 8.91. The molecule has 2 aromatic carbocycles. The maximum absolute atomic E-state index is 13.1. The third-order valence-electron chi connectivity index (χ3n) is 4.48. The number of anilines is 1. The van der Waals surface area contributed by atoms with E-state index in [1.807, 2.05) is 0 Å². The largest absolute Gasteiger partial charge is 0.493 e. The molecule has 0 aromatic heterocycles. The molecule has 0 saturated heterocycles. The Kier molecular flexibility index (Phi) is 6.39. The molecule has 156 valence electrons. The van der Waals surface area contributed by atoms with Crippen molar-refractivity contribution in [1.82, 2.24) is 4.90 Å². The molecule has 0 atom stereocenters. The second kappa shape index (κ2) is 8.98. The number of hydrogen-bond acceptors (Lipinski definition) is 7. The fraction of sp³-hybridized carbons (Fsp3) is 0.190. The quantitative estimate of drug-likeness (QED) is 0.488. The molecule has 30 heavy (non-hydrogen) atoms. The number of halogens is 1. The number of imide groups is 1. The Bertz CT molecular complexity index is 1030. The van der Waals surface area contributed by atoms with Crippen LogP contribution >= 0.6 is 11.6 Å². The van der Waals surface area contributed by atoms with Gasteiger partial charge in [-0.05, 0) is 30.3 Å². The van der Waals surface area contributed by atoms with Crippen LogP contribution in [0, 0.1) is 0 Å². The van der Waals surface area contributed by atoms with Crippen LogP contribution in [0.25, 0.3) is 0 Å². The van der Waals surface area contributed by atoms with E-state index >= 15 is 0 Å². The van der Waals surface area contributed by atoms with Gasteiger partial charge in [0.05, 0.1) is 33.1 Å². The minimum atomic E-state index is -0.603. The molecule has 2 N–H and O–H groups in total. The second-order valence-corrected chi connectivity index (χ2v) is 6.73. The summed E-state index contributed by atoms with van der Waals surface area (Å²) in [6, 6.07) is 9.35. The molecular weight excluding hydrogens is 412 g/mol. The van der Waals surface area contributed by atoms with Gasteiger partial charge in [-0.2, -0.15) is 0 Å². The van der Waals surface area contributed by atoms with Crippen LogP contribution in [0.5, 0.6) is 11.5 Å². The highest BCUT2D eigenvalue weighted by atomic mass is 35.5. The van der Waals surface area contributed by atoms with Gasteiger partial charge in [-0.15, -0.1) is 0 Å². The maximum atomic E-state index is 13.1. The topological polar surface area (TPSA) is 105 Å². The number of benzene rings is 2. The van der Waals surface area contributed by atoms with Gasteiger partial charge in [-0.25, -0.2) is 0 Å². The fourth-order valence-electron chi connectivity index (χ4n) is 2.98. The molecule has 1 aliphatic rings. The van der Waals surface area contributed by atoms with Crippen molar-refractivity contribution >= 4 is 34.9 Å². The summed E-state index contributed by atoms with van der Waals surface area (Å²) >= 11 is 5.90. The summed E-state index contributed by atoms with van der Waals surface area (Å²) in [5.41, 5.74) is 0.813. The molecule has 8 nitrogen and oxygen atoms in total. The number of ether oxygens (including phenoxy) is 2. The Labute approximate surface area is 177 Å². The average molecular weight is 431 g/mol. The van der Waals surface area contributed by atoms with Gasteiger partial charge in [-0.3, -0.25) is 19.3 Å². The second-order valence-electron chi connectivity index (χ2n) is 6.29. The predicted octanol–water partition coefficient (Wildman–Crippen LogP) is 2.25. The van der Waals surface area contributed by atoms with Gasteiger partial charge in [0.15, 0.2) is 17.3 Å². The van der Waals surface area contributed by atoms with E-state index in [2.05, 4.69) is 5.32 Å². The van der Waals surface area contributed by atoms with E-state index in [1.54, 1.807) is 24.3 Å². The van der Waals surface area contributed by atoms with E-state index in [-0.39, 0.29) is 35.9 Å². The van der Waals surface area contributed by atoms with Gasteiger partial charge in [0, 0.05) is 28.3 Å². The van der Waals surface area contributed by atoms with Crippen molar-refractivity contribution in [2.75, 3.05) is 32.7 Å². The number of methoxy groups -OCH3 is 2. The first kappa shape index (κ1) is 21.4. The molecule has 1 heterocycles. The van der Waals surface area contributed by atoms with Crippen molar-refractivity contribution in [3.8, 4) is 11.5 Å². The lowest BCUT2D eigenvalue weighted by atomic mass is 10.0. The van der Waals surface area contributed by atoms with E-state index in [1.165, 1.54) is 26.4 Å². The van der Waals surface area contributed by atoms with Crippen LogP contribution in [-0.2, 0) is 9.59 Å². The van der Waals surface area contributed by atoms with Gasteiger partial charge in [0.2, 0.25) is 0 Å². The normalized spacial score (nSPS) is 13.3. The van der Waals surface area contributed by atoms with Gasteiger partial charge in [-0.1, -0.05) is 11.6 Å². The molecular formula is C21H19ClN2O6. The molecule has 2 amide bonds. The van der Waals surface area contributed by atoms with Gasteiger partial charge in [0.25, 0.3) is 11.8 Å². The summed E-state index contributed by atoms with van der Waals surface area (Å²) in [6.45, 7) is -0.475. The monoisotopic (exact) mass is 430 g/mol. The number of ketones is 1. The predicted molar refractivity (Wildman–Crippen MR) is 110 cm³/mol. The Morgan fingerprint density at radius 2 is 1.73 bits per heavy atom. The minimum absolute atomic E-state index is 0.0224. The van der Waals surface area contributed by atoms with Gasteiger partial charge >= 0.3 is 0 Å². The number of β-amino-alcohol motifs (C(OH)–C–C–N with tert-alkyl or cyclic N) is 1. The summed E-state index contributed by atoms with van der Waals surface area (Å²) in [7, 11) is 2.88. The molecule has 3 rings (SSSR count). The number of aliphatic hydroxyl groups is 1. The van der Waals surface area contributed by atoms with Crippen molar-refractivity contribution in [3.63, 3.8) is 0 Å². The van der Waals surface area contributed by atoms with Crippen LogP contribution in [0.3, 0.4) is 0 Å². The first-order valence-corrected chi connectivity index (χ1v) is 9.29. The third kappa shape index (κ3) is 4.14. The summed E-state index contributed by atoms with van der Waals surface area (Å²) in [5.74, 6) is -0.849. The number of rotatable bonds is 8. The van der Waals surface area contributed by atoms with Crippen LogP contribution in [0.4, 0.5) is 5.69 Å². The van der Waals surface area contributed by atoms with Crippen LogP contribution in [0.15, 0.2) is 48.2 Å². The highest BCUT2D eigenvalue weighted by molar-refractivity contribution is 6.30. The van der Waals surface area contributed by atoms with Crippen LogP contribution in [0.1, 0.15) is 15.9 Å². The summed E-state index contributed by atoms with van der Waals surface area (Å²) in [6.07, 6.45) is 1.12. The zero-order valence-electron chi connectivity index (χ0n) is 16.3. The van der Waals surface area contributed by atoms with Crippen LogP contribution in [-0.4, -0.2) is 55.0 Å². The molecule has 0 aliphatic carbocycles. The molecule has 0 spiro atoms. The lowest BCUT2D eigenvalue weighted by Gasteiger charge is -2.17. The van der Waals surface area contributed by atoms with E-state index in [0.717, 1.165) is 11.0 Å². The molecule has 0 radical (unpaired) electrons. The van der Waals surface area contributed by atoms with E-state index in [4.69, 9.17) is 26.2 Å². The van der Waals surface area contributed by atoms with E-state index in [0.29, 0.717) is 22.1 Å².